The highest BCUT2D eigenvalue weighted by Crippen LogP contribution is 2.29. The summed E-state index contributed by atoms with van der Waals surface area (Å²) in [5.41, 5.74) is 0.316. The lowest BCUT2D eigenvalue weighted by molar-refractivity contribution is 0.117. The number of likely N-dealkylation sites (N-methyl/N-ethyl adjacent to an activating group) is 1. The Kier molecular flexibility index (Phi) is 5.90. The zero-order valence-electron chi connectivity index (χ0n) is 12.3. The first-order chi connectivity index (χ1) is 7.99. The summed E-state index contributed by atoms with van der Waals surface area (Å²) in [6.45, 7) is 13.3. The Bertz CT molecular complexity index is 209. The average Bonchev–Trinajstić information content (AvgIpc) is 3.04. The molecule has 1 unspecified atom stereocenters. The Hall–Kier alpha value is -0.120. The van der Waals surface area contributed by atoms with Gasteiger partial charge in [0.25, 0.3) is 0 Å². The van der Waals surface area contributed by atoms with Crippen LogP contribution >= 0.6 is 0 Å². The number of rotatable bonds is 8. The number of hydrogen-bond acceptors (Lipinski definition) is 3. The SMILES string of the molecule is CCNC(CN(CCOC)C1CC1)C(C)(C)C. The van der Waals surface area contributed by atoms with Crippen molar-refractivity contribution in [2.24, 2.45) is 5.41 Å². The zero-order valence-corrected chi connectivity index (χ0v) is 12.3. The Morgan fingerprint density at radius 2 is 2.00 bits per heavy atom. The van der Waals surface area contributed by atoms with Crippen LogP contribution in [0.15, 0.2) is 0 Å². The summed E-state index contributed by atoms with van der Waals surface area (Å²) in [4.78, 5) is 2.60. The van der Waals surface area contributed by atoms with E-state index in [4.69, 9.17) is 4.74 Å². The Labute approximate surface area is 107 Å². The molecule has 0 amide bonds. The van der Waals surface area contributed by atoms with Gasteiger partial charge in [0.15, 0.2) is 0 Å². The Morgan fingerprint density at radius 3 is 2.41 bits per heavy atom. The van der Waals surface area contributed by atoms with Gasteiger partial charge in [-0.1, -0.05) is 27.7 Å². The topological polar surface area (TPSA) is 24.5 Å². The molecule has 1 atom stereocenters. The molecular weight excluding hydrogens is 212 g/mol. The van der Waals surface area contributed by atoms with Gasteiger partial charge in [0.2, 0.25) is 0 Å². The monoisotopic (exact) mass is 242 g/mol. The van der Waals surface area contributed by atoms with E-state index in [9.17, 15) is 0 Å². The van der Waals surface area contributed by atoms with Gasteiger partial charge >= 0.3 is 0 Å². The highest BCUT2D eigenvalue weighted by atomic mass is 16.5. The van der Waals surface area contributed by atoms with Crippen LogP contribution in [0.2, 0.25) is 0 Å². The van der Waals surface area contributed by atoms with E-state index in [1.165, 1.54) is 12.8 Å². The second-order valence-electron chi connectivity index (χ2n) is 6.20. The van der Waals surface area contributed by atoms with Gasteiger partial charge in [-0.15, -0.1) is 0 Å². The molecule has 1 fully saturated rings. The minimum absolute atomic E-state index is 0.316. The van der Waals surface area contributed by atoms with E-state index >= 15 is 0 Å². The molecule has 102 valence electrons. The van der Waals surface area contributed by atoms with E-state index in [1.807, 2.05) is 0 Å². The average molecular weight is 242 g/mol. The fraction of sp³-hybridized carbons (Fsp3) is 1.00. The molecule has 1 saturated carbocycles. The number of nitrogens with one attached hydrogen (secondary N) is 1. The van der Waals surface area contributed by atoms with Crippen molar-refractivity contribution in [1.29, 1.82) is 0 Å². The minimum atomic E-state index is 0.316. The summed E-state index contributed by atoms with van der Waals surface area (Å²) in [5, 5.41) is 3.63. The van der Waals surface area contributed by atoms with Crippen LogP contribution in [-0.2, 0) is 4.74 Å². The lowest BCUT2D eigenvalue weighted by Gasteiger charge is -2.36. The van der Waals surface area contributed by atoms with E-state index in [1.54, 1.807) is 7.11 Å². The first-order valence-corrected chi connectivity index (χ1v) is 6.95. The van der Waals surface area contributed by atoms with Gasteiger partial charge in [0, 0.05) is 32.3 Å². The molecule has 0 aromatic heterocycles. The maximum absolute atomic E-state index is 5.22. The molecule has 1 N–H and O–H groups in total. The van der Waals surface area contributed by atoms with Gasteiger partial charge in [-0.2, -0.15) is 0 Å². The van der Waals surface area contributed by atoms with E-state index < -0.39 is 0 Å². The predicted octanol–water partition coefficient (Wildman–Crippen LogP) is 2.12. The third-order valence-electron chi connectivity index (χ3n) is 3.56. The third-order valence-corrected chi connectivity index (χ3v) is 3.56. The largest absolute Gasteiger partial charge is 0.383 e. The van der Waals surface area contributed by atoms with Gasteiger partial charge in [0.1, 0.15) is 0 Å². The molecule has 0 saturated heterocycles. The quantitative estimate of drug-likeness (QED) is 0.705. The predicted molar refractivity (Wildman–Crippen MR) is 73.4 cm³/mol. The fourth-order valence-electron chi connectivity index (χ4n) is 2.20. The summed E-state index contributed by atoms with van der Waals surface area (Å²) >= 11 is 0. The summed E-state index contributed by atoms with van der Waals surface area (Å²) in [6, 6.07) is 1.37. The van der Waals surface area contributed by atoms with Crippen molar-refractivity contribution >= 4 is 0 Å². The summed E-state index contributed by atoms with van der Waals surface area (Å²) in [5.74, 6) is 0. The first kappa shape index (κ1) is 14.9. The van der Waals surface area contributed by atoms with Crippen LogP contribution in [0.1, 0.15) is 40.5 Å². The third kappa shape index (κ3) is 5.36. The standard InChI is InChI=1S/C14H30N2O/c1-6-15-13(14(2,3)4)11-16(9-10-17-5)12-7-8-12/h12-13,15H,6-11H2,1-5H3. The van der Waals surface area contributed by atoms with E-state index in [2.05, 4.69) is 37.9 Å². The number of nitrogens with zero attached hydrogens (tertiary/aromatic N) is 1. The molecule has 17 heavy (non-hydrogen) atoms. The molecule has 3 heteroatoms. The first-order valence-electron chi connectivity index (χ1n) is 6.95. The molecule has 0 radical (unpaired) electrons. The maximum atomic E-state index is 5.22. The normalized spacial score (nSPS) is 18.7. The molecule has 1 rings (SSSR count). The summed E-state index contributed by atoms with van der Waals surface area (Å²) < 4.78 is 5.22. The van der Waals surface area contributed by atoms with Crippen LogP contribution < -0.4 is 5.32 Å². The van der Waals surface area contributed by atoms with Crippen molar-refractivity contribution in [3.8, 4) is 0 Å². The van der Waals surface area contributed by atoms with E-state index in [0.29, 0.717) is 11.5 Å². The lowest BCUT2D eigenvalue weighted by Crippen LogP contribution is -2.49. The zero-order chi connectivity index (χ0) is 12.9. The molecule has 3 nitrogen and oxygen atoms in total. The number of methoxy groups -OCH3 is 1. The smallest absolute Gasteiger partial charge is 0.0589 e. The Morgan fingerprint density at radius 1 is 1.35 bits per heavy atom. The van der Waals surface area contributed by atoms with Crippen molar-refractivity contribution in [3.63, 3.8) is 0 Å². The van der Waals surface area contributed by atoms with Crippen molar-refractivity contribution in [2.45, 2.75) is 52.6 Å². The van der Waals surface area contributed by atoms with Gasteiger partial charge in [-0.3, -0.25) is 4.90 Å². The van der Waals surface area contributed by atoms with Gasteiger partial charge in [-0.05, 0) is 24.8 Å². The van der Waals surface area contributed by atoms with Gasteiger partial charge < -0.3 is 10.1 Å². The minimum Gasteiger partial charge on any atom is -0.383 e. The number of ether oxygens (including phenoxy) is 1. The molecule has 1 aliphatic carbocycles. The van der Waals surface area contributed by atoms with E-state index in [-0.39, 0.29) is 0 Å². The Balaban J connectivity index is 2.49. The van der Waals surface area contributed by atoms with Crippen molar-refractivity contribution in [3.05, 3.63) is 0 Å². The summed E-state index contributed by atoms with van der Waals surface area (Å²) in [7, 11) is 1.79. The van der Waals surface area contributed by atoms with Crippen LogP contribution in [0, 0.1) is 5.41 Å². The number of hydrogen-bond donors (Lipinski definition) is 1. The molecule has 0 spiro atoms. The lowest BCUT2D eigenvalue weighted by atomic mass is 9.86. The van der Waals surface area contributed by atoms with Crippen molar-refractivity contribution in [1.82, 2.24) is 10.2 Å². The maximum Gasteiger partial charge on any atom is 0.0589 e. The van der Waals surface area contributed by atoms with Crippen molar-refractivity contribution in [2.75, 3.05) is 33.4 Å². The molecule has 0 heterocycles. The van der Waals surface area contributed by atoms with Crippen LogP contribution in [0.5, 0.6) is 0 Å². The molecule has 1 aliphatic rings. The molecule has 0 bridgehead atoms. The second kappa shape index (κ2) is 6.72. The molecular formula is C14H30N2O. The van der Waals surface area contributed by atoms with Gasteiger partial charge in [0.05, 0.1) is 6.61 Å². The molecule has 0 aliphatic heterocycles. The van der Waals surface area contributed by atoms with Crippen LogP contribution in [-0.4, -0.2) is 50.3 Å². The van der Waals surface area contributed by atoms with Crippen LogP contribution in [0.4, 0.5) is 0 Å². The highest BCUT2D eigenvalue weighted by Gasteiger charge is 2.33. The molecule has 0 aromatic carbocycles. The summed E-state index contributed by atoms with van der Waals surface area (Å²) in [6.07, 6.45) is 2.74. The van der Waals surface area contributed by atoms with Crippen molar-refractivity contribution < 1.29 is 4.74 Å². The van der Waals surface area contributed by atoms with E-state index in [0.717, 1.165) is 32.3 Å². The fourth-order valence-corrected chi connectivity index (χ4v) is 2.20. The van der Waals surface area contributed by atoms with Crippen LogP contribution in [0.3, 0.4) is 0 Å². The van der Waals surface area contributed by atoms with Gasteiger partial charge in [-0.25, -0.2) is 0 Å². The highest BCUT2D eigenvalue weighted by molar-refractivity contribution is 4.90. The molecule has 0 aromatic rings. The van der Waals surface area contributed by atoms with Crippen LogP contribution in [0.25, 0.3) is 0 Å². The second-order valence-corrected chi connectivity index (χ2v) is 6.20.